The summed E-state index contributed by atoms with van der Waals surface area (Å²) in [5.74, 6) is 1.55. The molecule has 0 bridgehead atoms. The molecule has 0 heterocycles. The van der Waals surface area contributed by atoms with Gasteiger partial charge in [0.2, 0.25) is 0 Å². The molecular weight excluding hydrogens is 170 g/mol. The van der Waals surface area contributed by atoms with Gasteiger partial charge in [-0.3, -0.25) is 0 Å². The van der Waals surface area contributed by atoms with Crippen LogP contribution in [0.4, 0.5) is 0 Å². The van der Waals surface area contributed by atoms with Crippen LogP contribution in [0.3, 0.4) is 0 Å². The van der Waals surface area contributed by atoms with Crippen molar-refractivity contribution >= 4 is 0 Å². The quantitative estimate of drug-likeness (QED) is 0.737. The molecule has 4 nitrogen and oxygen atoms in total. The third-order valence-corrected chi connectivity index (χ3v) is 1.73. The van der Waals surface area contributed by atoms with Gasteiger partial charge in [0.05, 0.1) is 14.2 Å². The summed E-state index contributed by atoms with van der Waals surface area (Å²) in [6.07, 6.45) is 0. The highest BCUT2D eigenvalue weighted by atomic mass is 16.5. The van der Waals surface area contributed by atoms with Crippen LogP contribution < -0.4 is 15.2 Å². The lowest BCUT2D eigenvalue weighted by atomic mass is 10.2. The van der Waals surface area contributed by atoms with Crippen molar-refractivity contribution in [2.24, 2.45) is 5.73 Å². The first-order chi connectivity index (χ1) is 5.83. The number of hydrogen-bond acceptors (Lipinski definition) is 3. The largest absolute Gasteiger partial charge is 0.496 e. The smallest absolute Gasteiger partial charge is 0.127 e. The third-order valence-electron chi connectivity index (χ3n) is 1.73. The number of hydrogen-bond donors (Lipinski definition) is 1. The van der Waals surface area contributed by atoms with Gasteiger partial charge in [0.1, 0.15) is 11.5 Å². The molecule has 0 atom stereocenters. The van der Waals surface area contributed by atoms with Crippen molar-refractivity contribution in [3.05, 3.63) is 23.8 Å². The van der Waals surface area contributed by atoms with Crippen LogP contribution in [-0.2, 0) is 6.54 Å². The van der Waals surface area contributed by atoms with Gasteiger partial charge in [-0.25, -0.2) is 0 Å². The predicted molar refractivity (Wildman–Crippen MR) is 51.1 cm³/mol. The summed E-state index contributed by atoms with van der Waals surface area (Å²) < 4.78 is 10.2. The second-order valence-electron chi connectivity index (χ2n) is 2.35. The van der Waals surface area contributed by atoms with E-state index >= 15 is 0 Å². The van der Waals surface area contributed by atoms with Crippen molar-refractivity contribution < 1.29 is 14.9 Å². The lowest BCUT2D eigenvalue weighted by Gasteiger charge is -2.10. The monoisotopic (exact) mass is 185 g/mol. The van der Waals surface area contributed by atoms with E-state index in [9.17, 15) is 0 Å². The molecule has 0 radical (unpaired) electrons. The van der Waals surface area contributed by atoms with Crippen molar-refractivity contribution in [3.63, 3.8) is 0 Å². The fourth-order valence-corrected chi connectivity index (χ4v) is 1.13. The summed E-state index contributed by atoms with van der Waals surface area (Å²) in [4.78, 5) is 0. The highest BCUT2D eigenvalue weighted by molar-refractivity contribution is 5.44. The molecule has 4 N–H and O–H groups in total. The maximum absolute atomic E-state index is 5.54. The number of methoxy groups -OCH3 is 2. The third kappa shape index (κ3) is 2.34. The maximum atomic E-state index is 5.54. The van der Waals surface area contributed by atoms with Gasteiger partial charge in [-0.2, -0.15) is 0 Å². The molecule has 1 rings (SSSR count). The number of rotatable bonds is 3. The molecule has 0 unspecified atom stereocenters. The van der Waals surface area contributed by atoms with Crippen LogP contribution in [0, 0.1) is 0 Å². The molecule has 0 fully saturated rings. The van der Waals surface area contributed by atoms with E-state index < -0.39 is 0 Å². The Labute approximate surface area is 77.6 Å². The van der Waals surface area contributed by atoms with Gasteiger partial charge in [-0.15, -0.1) is 0 Å². The summed E-state index contributed by atoms with van der Waals surface area (Å²) in [6.45, 7) is 0.424. The Morgan fingerprint density at radius 2 is 1.62 bits per heavy atom. The molecule has 0 spiro atoms. The number of ether oxygens (including phenoxy) is 2. The summed E-state index contributed by atoms with van der Waals surface area (Å²) in [5.41, 5.74) is 6.45. The minimum atomic E-state index is 0. The van der Waals surface area contributed by atoms with Gasteiger partial charge in [-0.1, -0.05) is 6.07 Å². The Morgan fingerprint density at radius 3 is 1.92 bits per heavy atom. The maximum Gasteiger partial charge on any atom is 0.127 e. The van der Waals surface area contributed by atoms with E-state index in [0.29, 0.717) is 6.54 Å². The second-order valence-corrected chi connectivity index (χ2v) is 2.35. The van der Waals surface area contributed by atoms with E-state index in [1.54, 1.807) is 14.2 Å². The minimum Gasteiger partial charge on any atom is -0.496 e. The van der Waals surface area contributed by atoms with Crippen LogP contribution in [0.15, 0.2) is 18.2 Å². The molecule has 0 aromatic heterocycles. The van der Waals surface area contributed by atoms with Crippen LogP contribution in [0.2, 0.25) is 0 Å². The minimum absolute atomic E-state index is 0. The first kappa shape index (κ1) is 11.7. The fourth-order valence-electron chi connectivity index (χ4n) is 1.13. The Bertz CT molecular complexity index is 241. The average molecular weight is 185 g/mol. The molecule has 1 aromatic rings. The molecule has 1 aromatic carbocycles. The summed E-state index contributed by atoms with van der Waals surface area (Å²) in [6, 6.07) is 5.60. The Hall–Kier alpha value is -1.26. The van der Waals surface area contributed by atoms with Gasteiger partial charge in [0.15, 0.2) is 0 Å². The molecule has 4 heteroatoms. The van der Waals surface area contributed by atoms with E-state index in [-0.39, 0.29) is 5.48 Å². The summed E-state index contributed by atoms with van der Waals surface area (Å²) in [5, 5.41) is 0. The highest BCUT2D eigenvalue weighted by Gasteiger charge is 2.06. The Kier molecular flexibility index (Phi) is 4.87. The zero-order chi connectivity index (χ0) is 8.97. The van der Waals surface area contributed by atoms with E-state index in [2.05, 4.69) is 0 Å². The zero-order valence-corrected chi connectivity index (χ0v) is 7.83. The van der Waals surface area contributed by atoms with Gasteiger partial charge in [-0.05, 0) is 12.1 Å². The van der Waals surface area contributed by atoms with Gasteiger partial charge in [0, 0.05) is 12.1 Å². The van der Waals surface area contributed by atoms with Crippen LogP contribution in [0.25, 0.3) is 0 Å². The lowest BCUT2D eigenvalue weighted by Crippen LogP contribution is -2.02. The lowest BCUT2D eigenvalue weighted by molar-refractivity contribution is 0.385. The molecule has 0 amide bonds. The van der Waals surface area contributed by atoms with Crippen LogP contribution >= 0.6 is 0 Å². The number of benzene rings is 1. The van der Waals surface area contributed by atoms with E-state index in [1.165, 1.54) is 0 Å². The van der Waals surface area contributed by atoms with Crippen molar-refractivity contribution in [1.29, 1.82) is 0 Å². The summed E-state index contributed by atoms with van der Waals surface area (Å²) >= 11 is 0. The van der Waals surface area contributed by atoms with Gasteiger partial charge >= 0.3 is 0 Å². The van der Waals surface area contributed by atoms with Crippen molar-refractivity contribution in [2.75, 3.05) is 14.2 Å². The summed E-state index contributed by atoms with van der Waals surface area (Å²) in [7, 11) is 3.24. The fraction of sp³-hybridized carbons (Fsp3) is 0.333. The normalized spacial score (nSPS) is 8.85. The van der Waals surface area contributed by atoms with Crippen molar-refractivity contribution in [1.82, 2.24) is 0 Å². The van der Waals surface area contributed by atoms with Gasteiger partial charge in [0.25, 0.3) is 0 Å². The molecular formula is C9H15NO3. The van der Waals surface area contributed by atoms with Crippen LogP contribution in [-0.4, -0.2) is 19.7 Å². The van der Waals surface area contributed by atoms with E-state index in [4.69, 9.17) is 15.2 Å². The molecule has 0 saturated carbocycles. The van der Waals surface area contributed by atoms with Gasteiger partial charge < -0.3 is 20.7 Å². The first-order valence-electron chi connectivity index (χ1n) is 3.73. The molecule has 0 aliphatic carbocycles. The molecule has 0 aliphatic rings. The van der Waals surface area contributed by atoms with Crippen molar-refractivity contribution in [3.8, 4) is 11.5 Å². The average Bonchev–Trinajstić information content (AvgIpc) is 2.16. The SMILES string of the molecule is COc1cccc(OC)c1CN.O. The highest BCUT2D eigenvalue weighted by Crippen LogP contribution is 2.26. The Balaban J connectivity index is 0.00000144. The standard InChI is InChI=1S/C9H13NO2.H2O/c1-11-8-4-3-5-9(12-2)7(8)6-10;/h3-5H,6,10H2,1-2H3;1H2. The molecule has 0 aliphatic heterocycles. The predicted octanol–water partition coefficient (Wildman–Crippen LogP) is 0.338. The van der Waals surface area contributed by atoms with Crippen molar-refractivity contribution in [2.45, 2.75) is 6.54 Å². The second kappa shape index (κ2) is 5.40. The van der Waals surface area contributed by atoms with Crippen LogP contribution in [0.1, 0.15) is 5.56 Å². The van der Waals surface area contributed by atoms with E-state index in [0.717, 1.165) is 17.1 Å². The van der Waals surface area contributed by atoms with Crippen LogP contribution in [0.5, 0.6) is 11.5 Å². The van der Waals surface area contributed by atoms with E-state index in [1.807, 2.05) is 18.2 Å². The zero-order valence-electron chi connectivity index (χ0n) is 7.83. The molecule has 13 heavy (non-hydrogen) atoms. The molecule has 74 valence electrons. The topological polar surface area (TPSA) is 76.0 Å². The first-order valence-corrected chi connectivity index (χ1v) is 3.73. The number of nitrogens with two attached hydrogens (primary N) is 1. The molecule has 0 saturated heterocycles. The Morgan fingerprint density at radius 1 is 1.15 bits per heavy atom.